The number of nitrogens with zero attached hydrogens (tertiary/aromatic N) is 1. The van der Waals surface area contributed by atoms with Crippen molar-refractivity contribution in [2.75, 3.05) is 53.5 Å². The highest BCUT2D eigenvalue weighted by Crippen LogP contribution is 2.28. The second-order valence-electron chi connectivity index (χ2n) is 5.26. The minimum absolute atomic E-state index is 0. The predicted molar refractivity (Wildman–Crippen MR) is 92.8 cm³/mol. The standard InChI is InChI=1S/C16H25N3O3.ClH/c1-21-14-4-3-5-15(22-2)13(14)12-16(20)18-8-11-19-9-6-17-7-10-19;/h3-5,17H,6-12H2,1-2H3,(H,18,20);1H. The number of hydrogen-bond donors (Lipinski definition) is 2. The lowest BCUT2D eigenvalue weighted by atomic mass is 10.1. The molecule has 0 aliphatic carbocycles. The highest BCUT2D eigenvalue weighted by Gasteiger charge is 2.14. The number of rotatable bonds is 7. The summed E-state index contributed by atoms with van der Waals surface area (Å²) in [5.74, 6) is 1.34. The van der Waals surface area contributed by atoms with Crippen LogP contribution in [-0.2, 0) is 11.2 Å². The Bertz CT molecular complexity index is 471. The molecule has 1 aliphatic rings. The van der Waals surface area contributed by atoms with Crippen LogP contribution < -0.4 is 20.1 Å². The third kappa shape index (κ3) is 5.89. The van der Waals surface area contributed by atoms with Crippen molar-refractivity contribution in [2.24, 2.45) is 0 Å². The average molecular weight is 344 g/mol. The number of hydrogen-bond acceptors (Lipinski definition) is 5. The van der Waals surface area contributed by atoms with E-state index in [9.17, 15) is 4.79 Å². The number of nitrogens with one attached hydrogen (secondary N) is 2. The molecule has 0 aromatic heterocycles. The zero-order chi connectivity index (χ0) is 15.8. The van der Waals surface area contributed by atoms with Gasteiger partial charge in [-0.1, -0.05) is 6.07 Å². The Balaban J connectivity index is 0.00000264. The normalized spacial score (nSPS) is 14.7. The molecule has 2 N–H and O–H groups in total. The molecule has 1 fully saturated rings. The number of ether oxygens (including phenoxy) is 2. The Morgan fingerprint density at radius 3 is 2.39 bits per heavy atom. The summed E-state index contributed by atoms with van der Waals surface area (Å²) in [5, 5.41) is 6.28. The van der Waals surface area contributed by atoms with Crippen molar-refractivity contribution in [3.05, 3.63) is 23.8 Å². The van der Waals surface area contributed by atoms with Gasteiger partial charge in [-0.25, -0.2) is 0 Å². The van der Waals surface area contributed by atoms with Crippen LogP contribution in [0.1, 0.15) is 5.56 Å². The Kier molecular flexibility index (Phi) is 8.76. The first-order valence-electron chi connectivity index (χ1n) is 7.64. The van der Waals surface area contributed by atoms with Gasteiger partial charge in [0.1, 0.15) is 11.5 Å². The van der Waals surface area contributed by atoms with Crippen molar-refractivity contribution in [1.29, 1.82) is 0 Å². The summed E-state index contributed by atoms with van der Waals surface area (Å²) >= 11 is 0. The van der Waals surface area contributed by atoms with Crippen molar-refractivity contribution >= 4 is 18.3 Å². The highest BCUT2D eigenvalue weighted by atomic mass is 35.5. The molecular weight excluding hydrogens is 318 g/mol. The van der Waals surface area contributed by atoms with Crippen LogP contribution in [0, 0.1) is 0 Å². The summed E-state index contributed by atoms with van der Waals surface area (Å²) < 4.78 is 10.6. The molecule has 1 aromatic carbocycles. The third-order valence-electron chi connectivity index (χ3n) is 3.83. The molecule has 1 aliphatic heterocycles. The Morgan fingerprint density at radius 2 is 1.83 bits per heavy atom. The number of carbonyl (C=O) groups is 1. The number of carbonyl (C=O) groups excluding carboxylic acids is 1. The monoisotopic (exact) mass is 343 g/mol. The Hall–Kier alpha value is -1.50. The van der Waals surface area contributed by atoms with Gasteiger partial charge in [-0.15, -0.1) is 12.4 Å². The number of benzene rings is 1. The molecule has 0 spiro atoms. The van der Waals surface area contributed by atoms with Gasteiger partial charge in [-0.3, -0.25) is 9.69 Å². The van der Waals surface area contributed by atoms with Gasteiger partial charge in [-0.05, 0) is 12.1 Å². The highest BCUT2D eigenvalue weighted by molar-refractivity contribution is 5.85. The maximum absolute atomic E-state index is 12.1. The molecule has 0 bridgehead atoms. The Morgan fingerprint density at radius 1 is 1.22 bits per heavy atom. The van der Waals surface area contributed by atoms with Crippen LogP contribution in [0.15, 0.2) is 18.2 Å². The summed E-state index contributed by atoms with van der Waals surface area (Å²) in [6.07, 6.45) is 0.259. The summed E-state index contributed by atoms with van der Waals surface area (Å²) in [6, 6.07) is 5.53. The minimum Gasteiger partial charge on any atom is -0.496 e. The van der Waals surface area contributed by atoms with Crippen LogP contribution in [0.3, 0.4) is 0 Å². The molecule has 0 saturated carbocycles. The van der Waals surface area contributed by atoms with E-state index in [4.69, 9.17) is 9.47 Å². The number of amides is 1. The van der Waals surface area contributed by atoms with Crippen LogP contribution in [0.2, 0.25) is 0 Å². The Labute approximate surface area is 143 Å². The van der Waals surface area contributed by atoms with E-state index in [0.717, 1.165) is 38.3 Å². The van der Waals surface area contributed by atoms with E-state index in [1.807, 2.05) is 18.2 Å². The van der Waals surface area contributed by atoms with Gasteiger partial charge in [-0.2, -0.15) is 0 Å². The van der Waals surface area contributed by atoms with E-state index >= 15 is 0 Å². The third-order valence-corrected chi connectivity index (χ3v) is 3.83. The molecule has 1 saturated heterocycles. The number of methoxy groups -OCH3 is 2. The predicted octanol–water partition coefficient (Wildman–Crippen LogP) is 0.690. The van der Waals surface area contributed by atoms with Gasteiger partial charge in [0.15, 0.2) is 0 Å². The molecule has 2 rings (SSSR count). The second-order valence-corrected chi connectivity index (χ2v) is 5.26. The van der Waals surface area contributed by atoms with Crippen LogP contribution in [0.4, 0.5) is 0 Å². The SMILES string of the molecule is COc1cccc(OC)c1CC(=O)NCCN1CCNCC1.Cl. The molecule has 0 radical (unpaired) electrons. The topological polar surface area (TPSA) is 62.8 Å². The van der Waals surface area contributed by atoms with Gasteiger partial charge in [0.2, 0.25) is 5.91 Å². The first-order chi connectivity index (χ1) is 10.7. The van der Waals surface area contributed by atoms with Crippen molar-refractivity contribution < 1.29 is 14.3 Å². The molecule has 1 amide bonds. The molecular formula is C16H26ClN3O3. The van der Waals surface area contributed by atoms with Gasteiger partial charge in [0, 0.05) is 44.8 Å². The van der Waals surface area contributed by atoms with E-state index in [0.29, 0.717) is 18.0 Å². The lowest BCUT2D eigenvalue weighted by Crippen LogP contribution is -2.46. The first kappa shape index (κ1) is 19.5. The van der Waals surface area contributed by atoms with Crippen LogP contribution >= 0.6 is 12.4 Å². The zero-order valence-electron chi connectivity index (χ0n) is 13.8. The van der Waals surface area contributed by atoms with Gasteiger partial charge in [0.25, 0.3) is 0 Å². The van der Waals surface area contributed by atoms with Crippen molar-refractivity contribution in [3.8, 4) is 11.5 Å². The fourth-order valence-electron chi connectivity index (χ4n) is 2.61. The molecule has 1 aromatic rings. The average Bonchev–Trinajstić information content (AvgIpc) is 2.56. The summed E-state index contributed by atoms with van der Waals surface area (Å²) in [7, 11) is 3.20. The molecule has 6 nitrogen and oxygen atoms in total. The molecule has 1 heterocycles. The van der Waals surface area contributed by atoms with E-state index in [-0.39, 0.29) is 24.7 Å². The fourth-order valence-corrected chi connectivity index (χ4v) is 2.61. The largest absolute Gasteiger partial charge is 0.496 e. The lowest BCUT2D eigenvalue weighted by molar-refractivity contribution is -0.120. The maximum atomic E-state index is 12.1. The zero-order valence-corrected chi connectivity index (χ0v) is 14.6. The summed E-state index contributed by atoms with van der Waals surface area (Å²) in [4.78, 5) is 14.5. The number of piperazine rings is 1. The van der Waals surface area contributed by atoms with E-state index in [2.05, 4.69) is 15.5 Å². The maximum Gasteiger partial charge on any atom is 0.224 e. The van der Waals surface area contributed by atoms with Gasteiger partial charge in [0.05, 0.1) is 20.6 Å². The fraction of sp³-hybridized carbons (Fsp3) is 0.562. The van der Waals surface area contributed by atoms with Crippen molar-refractivity contribution in [1.82, 2.24) is 15.5 Å². The van der Waals surface area contributed by atoms with E-state index in [1.54, 1.807) is 14.2 Å². The van der Waals surface area contributed by atoms with Gasteiger partial charge >= 0.3 is 0 Å². The van der Waals surface area contributed by atoms with Crippen molar-refractivity contribution in [2.45, 2.75) is 6.42 Å². The molecule has 0 unspecified atom stereocenters. The molecule has 23 heavy (non-hydrogen) atoms. The van der Waals surface area contributed by atoms with E-state index < -0.39 is 0 Å². The van der Waals surface area contributed by atoms with Crippen LogP contribution in [0.25, 0.3) is 0 Å². The lowest BCUT2D eigenvalue weighted by Gasteiger charge is -2.27. The quantitative estimate of drug-likeness (QED) is 0.762. The van der Waals surface area contributed by atoms with Crippen LogP contribution in [0.5, 0.6) is 11.5 Å². The van der Waals surface area contributed by atoms with Gasteiger partial charge < -0.3 is 20.1 Å². The smallest absolute Gasteiger partial charge is 0.224 e. The molecule has 130 valence electrons. The number of halogens is 1. The van der Waals surface area contributed by atoms with Crippen molar-refractivity contribution in [3.63, 3.8) is 0 Å². The van der Waals surface area contributed by atoms with Crippen LogP contribution in [-0.4, -0.2) is 64.3 Å². The minimum atomic E-state index is -0.0158. The first-order valence-corrected chi connectivity index (χ1v) is 7.64. The van der Waals surface area contributed by atoms with E-state index in [1.165, 1.54) is 0 Å². The summed E-state index contributed by atoms with van der Waals surface area (Å²) in [5.41, 5.74) is 0.784. The molecule has 7 heteroatoms. The summed E-state index contributed by atoms with van der Waals surface area (Å²) in [6.45, 7) is 5.66. The second kappa shape index (κ2) is 10.3. The molecule has 0 atom stereocenters.